The second-order valence-corrected chi connectivity index (χ2v) is 7.36. The molecule has 4 nitrogen and oxygen atoms in total. The van der Waals surface area contributed by atoms with Gasteiger partial charge in [0, 0.05) is 24.1 Å². The monoisotopic (exact) mass is 345 g/mol. The number of benzene rings is 1. The summed E-state index contributed by atoms with van der Waals surface area (Å²) in [6.45, 7) is 0. The van der Waals surface area contributed by atoms with E-state index in [0.717, 1.165) is 10.6 Å². The summed E-state index contributed by atoms with van der Waals surface area (Å²) in [5.74, 6) is 0.696. The van der Waals surface area contributed by atoms with Crippen molar-refractivity contribution in [3.05, 3.63) is 47.1 Å². The second kappa shape index (κ2) is 6.71. The minimum absolute atomic E-state index is 0.217. The van der Waals surface area contributed by atoms with Gasteiger partial charge in [-0.05, 0) is 31.0 Å². The first-order chi connectivity index (χ1) is 10.3. The minimum atomic E-state index is -3.48. The van der Waals surface area contributed by atoms with Gasteiger partial charge < -0.3 is 4.74 Å². The van der Waals surface area contributed by atoms with E-state index in [9.17, 15) is 12.8 Å². The predicted octanol–water partition coefficient (Wildman–Crippen LogP) is 3.35. The molecule has 1 aromatic carbocycles. The Morgan fingerprint density at radius 1 is 1.32 bits per heavy atom. The maximum absolute atomic E-state index is 13.3. The summed E-state index contributed by atoms with van der Waals surface area (Å²) in [5, 5.41) is 0. The lowest BCUT2D eigenvalue weighted by Gasteiger charge is -2.22. The molecule has 22 heavy (non-hydrogen) atoms. The van der Waals surface area contributed by atoms with Crippen LogP contribution < -0.4 is 4.74 Å². The molecule has 0 saturated heterocycles. The number of nitrogens with zero attached hydrogens (tertiary/aromatic N) is 1. The van der Waals surface area contributed by atoms with E-state index in [1.54, 1.807) is 12.2 Å². The van der Waals surface area contributed by atoms with Crippen molar-refractivity contribution < 1.29 is 17.5 Å². The topological polar surface area (TPSA) is 46.6 Å². The minimum Gasteiger partial charge on any atom is -0.439 e. The SMILES string of the molecule is CN(C1=C(CCCCl)C=Cc2cc(F)ccc2O1)S(C)(=O)=O. The highest BCUT2D eigenvalue weighted by atomic mass is 35.5. The first-order valence-electron chi connectivity index (χ1n) is 6.71. The third kappa shape index (κ3) is 3.81. The predicted molar refractivity (Wildman–Crippen MR) is 85.6 cm³/mol. The van der Waals surface area contributed by atoms with E-state index in [1.165, 1.54) is 25.2 Å². The number of rotatable bonds is 5. The Morgan fingerprint density at radius 2 is 2.05 bits per heavy atom. The van der Waals surface area contributed by atoms with E-state index < -0.39 is 10.0 Å². The number of ether oxygens (including phenoxy) is 1. The molecule has 0 bridgehead atoms. The van der Waals surface area contributed by atoms with E-state index in [1.807, 2.05) is 0 Å². The van der Waals surface area contributed by atoms with Crippen LogP contribution >= 0.6 is 11.6 Å². The maximum Gasteiger partial charge on any atom is 0.234 e. The van der Waals surface area contributed by atoms with Crippen LogP contribution in [0.25, 0.3) is 6.08 Å². The highest BCUT2D eigenvalue weighted by Gasteiger charge is 2.23. The third-order valence-electron chi connectivity index (χ3n) is 3.28. The van der Waals surface area contributed by atoms with Crippen molar-refractivity contribution in [2.45, 2.75) is 12.8 Å². The number of hydrogen-bond donors (Lipinski definition) is 0. The van der Waals surface area contributed by atoms with Gasteiger partial charge in [0.25, 0.3) is 0 Å². The van der Waals surface area contributed by atoms with E-state index >= 15 is 0 Å². The largest absolute Gasteiger partial charge is 0.439 e. The van der Waals surface area contributed by atoms with Crippen LogP contribution in [0.3, 0.4) is 0 Å². The molecule has 0 atom stereocenters. The molecule has 0 radical (unpaired) electrons. The van der Waals surface area contributed by atoms with Crippen LogP contribution in [0.1, 0.15) is 18.4 Å². The first kappa shape index (κ1) is 16.8. The Bertz CT molecular complexity index is 728. The maximum atomic E-state index is 13.3. The van der Waals surface area contributed by atoms with E-state index in [0.29, 0.717) is 35.6 Å². The Kier molecular flexibility index (Phi) is 5.13. The molecule has 0 N–H and O–H groups in total. The fourth-order valence-electron chi connectivity index (χ4n) is 2.04. The number of halogens is 2. The molecule has 0 aliphatic carbocycles. The summed E-state index contributed by atoms with van der Waals surface area (Å²) < 4.78 is 43.9. The lowest BCUT2D eigenvalue weighted by molar-refractivity contribution is 0.316. The van der Waals surface area contributed by atoms with Gasteiger partial charge in [-0.2, -0.15) is 0 Å². The molecule has 1 heterocycles. The molecule has 1 aliphatic heterocycles. The molecule has 2 rings (SSSR count). The Hall–Kier alpha value is -1.53. The summed E-state index contributed by atoms with van der Waals surface area (Å²) in [4.78, 5) is 0. The van der Waals surface area contributed by atoms with Crippen LogP contribution in [0.2, 0.25) is 0 Å². The van der Waals surface area contributed by atoms with Crippen LogP contribution in [-0.2, 0) is 10.0 Å². The summed E-state index contributed by atoms with van der Waals surface area (Å²) in [6, 6.07) is 4.10. The van der Waals surface area contributed by atoms with Gasteiger partial charge in [0.15, 0.2) is 0 Å². The van der Waals surface area contributed by atoms with Crippen molar-refractivity contribution in [3.63, 3.8) is 0 Å². The third-order valence-corrected chi connectivity index (χ3v) is 4.71. The number of allylic oxidation sites excluding steroid dienone is 2. The molecule has 0 aromatic heterocycles. The van der Waals surface area contributed by atoms with Gasteiger partial charge in [-0.25, -0.2) is 17.1 Å². The summed E-state index contributed by atoms with van der Waals surface area (Å²) >= 11 is 5.72. The number of alkyl halides is 1. The summed E-state index contributed by atoms with van der Waals surface area (Å²) in [6.07, 6.45) is 5.80. The van der Waals surface area contributed by atoms with Crippen LogP contribution in [0.4, 0.5) is 4.39 Å². The average molecular weight is 346 g/mol. The number of sulfonamides is 1. The van der Waals surface area contributed by atoms with Crippen molar-refractivity contribution in [2.75, 3.05) is 19.2 Å². The van der Waals surface area contributed by atoms with E-state index in [2.05, 4.69) is 0 Å². The highest BCUT2D eigenvalue weighted by molar-refractivity contribution is 7.88. The van der Waals surface area contributed by atoms with Gasteiger partial charge >= 0.3 is 0 Å². The molecular weight excluding hydrogens is 329 g/mol. The fraction of sp³-hybridized carbons (Fsp3) is 0.333. The second-order valence-electron chi connectivity index (χ2n) is 4.97. The van der Waals surface area contributed by atoms with Gasteiger partial charge in [0.05, 0.1) is 6.26 Å². The zero-order valence-electron chi connectivity index (χ0n) is 12.3. The fourth-order valence-corrected chi connectivity index (χ4v) is 2.63. The molecule has 7 heteroatoms. The summed E-state index contributed by atoms with van der Waals surface area (Å²) in [5.41, 5.74) is 1.26. The zero-order chi connectivity index (χ0) is 16.3. The molecule has 120 valence electrons. The van der Waals surface area contributed by atoms with Crippen molar-refractivity contribution in [1.29, 1.82) is 0 Å². The van der Waals surface area contributed by atoms with Gasteiger partial charge in [-0.3, -0.25) is 0 Å². The smallest absolute Gasteiger partial charge is 0.234 e. The van der Waals surface area contributed by atoms with Crippen LogP contribution in [0.5, 0.6) is 5.75 Å². The van der Waals surface area contributed by atoms with Gasteiger partial charge in [0.2, 0.25) is 15.9 Å². The molecule has 0 saturated carbocycles. The molecular formula is C15H17ClFNO3S. The van der Waals surface area contributed by atoms with Gasteiger partial charge in [-0.1, -0.05) is 12.2 Å². The van der Waals surface area contributed by atoms with E-state index in [-0.39, 0.29) is 11.7 Å². The Labute approximate surface area is 134 Å². The van der Waals surface area contributed by atoms with Crippen LogP contribution in [0, 0.1) is 5.82 Å². The lowest BCUT2D eigenvalue weighted by Crippen LogP contribution is -2.29. The van der Waals surface area contributed by atoms with Crippen molar-refractivity contribution in [1.82, 2.24) is 4.31 Å². The Morgan fingerprint density at radius 3 is 2.68 bits per heavy atom. The quantitative estimate of drug-likeness (QED) is 0.769. The first-order valence-corrected chi connectivity index (χ1v) is 9.09. The van der Waals surface area contributed by atoms with Crippen molar-refractivity contribution in [2.24, 2.45) is 0 Å². The number of hydrogen-bond acceptors (Lipinski definition) is 3. The van der Waals surface area contributed by atoms with Crippen LogP contribution in [0.15, 0.2) is 35.7 Å². The van der Waals surface area contributed by atoms with E-state index in [4.69, 9.17) is 16.3 Å². The molecule has 0 unspecified atom stereocenters. The van der Waals surface area contributed by atoms with Crippen molar-refractivity contribution in [3.8, 4) is 5.75 Å². The molecule has 0 amide bonds. The lowest BCUT2D eigenvalue weighted by atomic mass is 10.1. The van der Waals surface area contributed by atoms with Gasteiger partial charge in [-0.15, -0.1) is 11.6 Å². The van der Waals surface area contributed by atoms with Gasteiger partial charge in [0.1, 0.15) is 11.6 Å². The number of fused-ring (bicyclic) bond motifs is 1. The standard InChI is InChI=1S/C15H17ClFNO3S/c1-18(22(2,19)20)15-11(4-3-9-16)5-6-12-10-13(17)7-8-14(12)21-15/h5-8,10H,3-4,9H2,1-2H3. The molecule has 0 spiro atoms. The normalized spacial score (nSPS) is 14.4. The molecule has 0 fully saturated rings. The summed E-state index contributed by atoms with van der Waals surface area (Å²) in [7, 11) is -2.05. The van der Waals surface area contributed by atoms with Crippen molar-refractivity contribution >= 4 is 27.7 Å². The molecule has 1 aromatic rings. The zero-order valence-corrected chi connectivity index (χ0v) is 13.9. The average Bonchev–Trinajstić information content (AvgIpc) is 2.62. The Balaban J connectivity index is 2.49. The molecule has 1 aliphatic rings. The highest BCUT2D eigenvalue weighted by Crippen LogP contribution is 2.31. The van der Waals surface area contributed by atoms with Crippen LogP contribution in [-0.4, -0.2) is 31.9 Å².